The van der Waals surface area contributed by atoms with Crippen molar-refractivity contribution in [3.05, 3.63) is 50.3 Å². The Morgan fingerprint density at radius 1 is 1.52 bits per heavy atom. The van der Waals surface area contributed by atoms with E-state index in [1.807, 2.05) is 5.38 Å². The molecule has 0 fully saturated rings. The minimum Gasteiger partial charge on any atom is -0.461 e. The third-order valence-corrected chi connectivity index (χ3v) is 3.89. The molecule has 0 amide bonds. The Bertz CT molecular complexity index is 835. The highest BCUT2D eigenvalue weighted by Crippen LogP contribution is 2.10. The number of aromatic nitrogens is 4. The Balaban J connectivity index is 1.73. The van der Waals surface area contributed by atoms with Crippen LogP contribution in [0.15, 0.2) is 28.6 Å². The zero-order valence-electron chi connectivity index (χ0n) is 11.2. The summed E-state index contributed by atoms with van der Waals surface area (Å²) in [6, 6.07) is 3.49. The number of ether oxygens (including phenoxy) is 1. The molecule has 0 aliphatic rings. The van der Waals surface area contributed by atoms with E-state index >= 15 is 0 Å². The molecule has 3 aromatic heterocycles. The van der Waals surface area contributed by atoms with Crippen molar-refractivity contribution >= 4 is 23.1 Å². The number of hydrogen-bond acceptors (Lipinski definition) is 6. The lowest BCUT2D eigenvalue weighted by atomic mass is 10.2. The molecule has 0 saturated carbocycles. The van der Waals surface area contributed by atoms with Crippen molar-refractivity contribution in [1.29, 1.82) is 0 Å². The molecule has 3 heterocycles. The first-order valence-electron chi connectivity index (χ1n) is 6.29. The van der Waals surface area contributed by atoms with E-state index in [2.05, 4.69) is 15.1 Å². The summed E-state index contributed by atoms with van der Waals surface area (Å²) in [7, 11) is 0. The molecule has 108 valence electrons. The summed E-state index contributed by atoms with van der Waals surface area (Å²) in [5, 5.41) is 4.51. The SMILES string of the molecule is Cc1nc2nc[nH]n2c(=O)c1CCOC(=O)c1cccs1. The monoisotopic (exact) mass is 304 g/mol. The van der Waals surface area contributed by atoms with Crippen molar-refractivity contribution in [2.24, 2.45) is 0 Å². The fraction of sp³-hybridized carbons (Fsp3) is 0.231. The maximum Gasteiger partial charge on any atom is 0.348 e. The van der Waals surface area contributed by atoms with E-state index in [1.165, 1.54) is 22.2 Å². The molecule has 0 spiro atoms. The Morgan fingerprint density at radius 3 is 3.14 bits per heavy atom. The van der Waals surface area contributed by atoms with Crippen molar-refractivity contribution < 1.29 is 9.53 Å². The van der Waals surface area contributed by atoms with E-state index in [4.69, 9.17) is 4.74 Å². The summed E-state index contributed by atoms with van der Waals surface area (Å²) >= 11 is 1.32. The molecule has 7 nitrogen and oxygen atoms in total. The normalized spacial score (nSPS) is 10.9. The van der Waals surface area contributed by atoms with Crippen LogP contribution in [0.3, 0.4) is 0 Å². The van der Waals surface area contributed by atoms with Gasteiger partial charge in [0.15, 0.2) is 0 Å². The highest BCUT2D eigenvalue weighted by molar-refractivity contribution is 7.11. The van der Waals surface area contributed by atoms with Gasteiger partial charge >= 0.3 is 5.97 Å². The molecular weight excluding hydrogens is 292 g/mol. The van der Waals surface area contributed by atoms with E-state index < -0.39 is 0 Å². The zero-order valence-corrected chi connectivity index (χ0v) is 12.0. The van der Waals surface area contributed by atoms with Crippen LogP contribution < -0.4 is 5.56 Å². The summed E-state index contributed by atoms with van der Waals surface area (Å²) in [6.07, 6.45) is 1.72. The first-order valence-corrected chi connectivity index (χ1v) is 7.17. The molecule has 0 aliphatic heterocycles. The molecule has 3 aromatic rings. The predicted octanol–water partition coefficient (Wildman–Crippen LogP) is 1.19. The number of nitrogens with one attached hydrogen (secondary N) is 1. The number of aryl methyl sites for hydroxylation is 1. The number of carbonyl (C=O) groups is 1. The van der Waals surface area contributed by atoms with Gasteiger partial charge in [0.1, 0.15) is 11.2 Å². The van der Waals surface area contributed by atoms with Gasteiger partial charge < -0.3 is 4.74 Å². The first-order chi connectivity index (χ1) is 10.2. The molecule has 8 heteroatoms. The van der Waals surface area contributed by atoms with E-state index in [1.54, 1.807) is 19.1 Å². The predicted molar refractivity (Wildman–Crippen MR) is 76.7 cm³/mol. The van der Waals surface area contributed by atoms with E-state index in [-0.39, 0.29) is 18.1 Å². The third-order valence-electron chi connectivity index (χ3n) is 3.04. The van der Waals surface area contributed by atoms with Gasteiger partial charge in [0.2, 0.25) is 0 Å². The van der Waals surface area contributed by atoms with Crippen LogP contribution in [0.5, 0.6) is 0 Å². The number of H-pyrrole nitrogens is 1. The van der Waals surface area contributed by atoms with Crippen molar-refractivity contribution in [3.63, 3.8) is 0 Å². The van der Waals surface area contributed by atoms with Crippen LogP contribution in [0.2, 0.25) is 0 Å². The van der Waals surface area contributed by atoms with Gasteiger partial charge in [0.25, 0.3) is 11.3 Å². The molecule has 3 rings (SSSR count). The van der Waals surface area contributed by atoms with Crippen LogP contribution in [0.1, 0.15) is 20.9 Å². The van der Waals surface area contributed by atoms with Gasteiger partial charge in [0.05, 0.1) is 12.3 Å². The van der Waals surface area contributed by atoms with Crippen molar-refractivity contribution in [2.45, 2.75) is 13.3 Å². The molecule has 0 radical (unpaired) electrons. The average molecular weight is 304 g/mol. The highest BCUT2D eigenvalue weighted by atomic mass is 32.1. The van der Waals surface area contributed by atoms with Crippen molar-refractivity contribution in [3.8, 4) is 0 Å². The van der Waals surface area contributed by atoms with Gasteiger partial charge in [-0.15, -0.1) is 11.3 Å². The Labute approximate surface area is 123 Å². The molecule has 0 bridgehead atoms. The second-order valence-electron chi connectivity index (χ2n) is 4.37. The molecular formula is C13H12N4O3S. The number of aromatic amines is 1. The standard InChI is InChI=1S/C13H12N4O3S/c1-8-9(11(18)17-13(16-8)14-7-15-17)4-5-20-12(19)10-3-2-6-21-10/h2-3,6-7H,4-5H2,1H3,(H,14,15,16). The maximum atomic E-state index is 12.2. The van der Waals surface area contributed by atoms with E-state index in [0.717, 1.165) is 0 Å². The third kappa shape index (κ3) is 2.57. The van der Waals surface area contributed by atoms with Crippen LogP contribution in [-0.4, -0.2) is 32.2 Å². The van der Waals surface area contributed by atoms with Gasteiger partial charge in [-0.3, -0.25) is 9.89 Å². The van der Waals surface area contributed by atoms with E-state index in [0.29, 0.717) is 28.3 Å². The topological polar surface area (TPSA) is 89.3 Å². The lowest BCUT2D eigenvalue weighted by molar-refractivity contribution is 0.0514. The number of esters is 1. The van der Waals surface area contributed by atoms with Gasteiger partial charge in [0, 0.05) is 12.0 Å². The molecule has 1 N–H and O–H groups in total. The van der Waals surface area contributed by atoms with Gasteiger partial charge in [-0.05, 0) is 18.4 Å². The highest BCUT2D eigenvalue weighted by Gasteiger charge is 2.13. The lowest BCUT2D eigenvalue weighted by Crippen LogP contribution is -2.23. The smallest absolute Gasteiger partial charge is 0.348 e. The van der Waals surface area contributed by atoms with Crippen LogP contribution in [0, 0.1) is 6.92 Å². The van der Waals surface area contributed by atoms with Gasteiger partial charge in [-0.25, -0.2) is 14.8 Å². The van der Waals surface area contributed by atoms with Gasteiger partial charge in [-0.1, -0.05) is 6.07 Å². The van der Waals surface area contributed by atoms with Crippen LogP contribution in [-0.2, 0) is 11.2 Å². The molecule has 0 aromatic carbocycles. The first kappa shape index (κ1) is 13.5. The largest absolute Gasteiger partial charge is 0.461 e. The quantitative estimate of drug-likeness (QED) is 0.731. The van der Waals surface area contributed by atoms with Crippen LogP contribution in [0.4, 0.5) is 0 Å². The average Bonchev–Trinajstić information content (AvgIpc) is 3.12. The number of rotatable bonds is 4. The summed E-state index contributed by atoms with van der Waals surface area (Å²) in [5.74, 6) is -0.0461. The number of carbonyl (C=O) groups excluding carboxylic acids is 1. The second kappa shape index (κ2) is 5.49. The summed E-state index contributed by atoms with van der Waals surface area (Å²) in [6.45, 7) is 1.88. The number of hydrogen-bond donors (Lipinski definition) is 1. The molecule has 0 atom stereocenters. The minimum absolute atomic E-state index is 0.134. The maximum absolute atomic E-state index is 12.2. The summed E-state index contributed by atoms with van der Waals surface area (Å²) in [5.41, 5.74) is 0.886. The number of fused-ring (bicyclic) bond motifs is 1. The Hall–Kier alpha value is -2.48. The minimum atomic E-state index is -0.377. The fourth-order valence-electron chi connectivity index (χ4n) is 1.99. The Morgan fingerprint density at radius 2 is 2.38 bits per heavy atom. The second-order valence-corrected chi connectivity index (χ2v) is 5.31. The van der Waals surface area contributed by atoms with Crippen molar-refractivity contribution in [2.75, 3.05) is 6.61 Å². The van der Waals surface area contributed by atoms with Crippen LogP contribution in [0.25, 0.3) is 5.78 Å². The molecule has 0 saturated heterocycles. The summed E-state index contributed by atoms with van der Waals surface area (Å²) < 4.78 is 6.43. The molecule has 0 unspecified atom stereocenters. The zero-order chi connectivity index (χ0) is 14.8. The fourth-order valence-corrected chi connectivity index (χ4v) is 2.61. The van der Waals surface area contributed by atoms with Crippen LogP contribution >= 0.6 is 11.3 Å². The van der Waals surface area contributed by atoms with Gasteiger partial charge in [-0.2, -0.15) is 4.52 Å². The lowest BCUT2D eigenvalue weighted by Gasteiger charge is -2.05. The summed E-state index contributed by atoms with van der Waals surface area (Å²) in [4.78, 5) is 32.6. The molecule has 0 aliphatic carbocycles. The van der Waals surface area contributed by atoms with Crippen molar-refractivity contribution in [1.82, 2.24) is 19.6 Å². The Kier molecular flexibility index (Phi) is 3.53. The molecule has 21 heavy (non-hydrogen) atoms. The number of thiophene rings is 1. The number of nitrogens with zero attached hydrogens (tertiary/aromatic N) is 3. The van der Waals surface area contributed by atoms with E-state index in [9.17, 15) is 9.59 Å².